The van der Waals surface area contributed by atoms with E-state index in [-0.39, 0.29) is 61.6 Å². The molecule has 0 amide bonds. The number of aromatic hydroxyl groups is 2. The van der Waals surface area contributed by atoms with Crippen LogP contribution in [0.3, 0.4) is 0 Å². The number of carboxylic acid groups (broad SMARTS) is 2. The van der Waals surface area contributed by atoms with E-state index in [1.165, 1.54) is 0 Å². The third kappa shape index (κ3) is 8.84. The molecule has 8 heteroatoms. The average molecular weight is 501 g/mol. The van der Waals surface area contributed by atoms with Crippen LogP contribution in [0.2, 0.25) is 0 Å². The van der Waals surface area contributed by atoms with E-state index in [1.807, 2.05) is 24.3 Å². The molecule has 0 heterocycles. The van der Waals surface area contributed by atoms with Gasteiger partial charge in [0.2, 0.25) is 0 Å². The number of phenols is 2. The van der Waals surface area contributed by atoms with Crippen molar-refractivity contribution in [2.45, 2.75) is 65.5 Å². The van der Waals surface area contributed by atoms with Gasteiger partial charge in [-0.15, -0.1) is 0 Å². The minimum Gasteiger partial charge on any atom is -0.508 e. The number of benzene rings is 2. The number of phenolic OH excluding ortho intramolecular Hbond substituents is 2. The third-order valence-corrected chi connectivity index (χ3v) is 6.13. The van der Waals surface area contributed by atoms with Crippen LogP contribution in [0.1, 0.15) is 63.8 Å². The second-order valence-electron chi connectivity index (χ2n) is 11.4. The van der Waals surface area contributed by atoms with Crippen LogP contribution in [0.4, 0.5) is 0 Å². The minimum absolute atomic E-state index is 0.0877. The Balaban J connectivity index is 2.24. The van der Waals surface area contributed by atoms with Crippen molar-refractivity contribution in [2.75, 3.05) is 26.2 Å². The number of rotatable bonds is 11. The van der Waals surface area contributed by atoms with Gasteiger partial charge in [0.25, 0.3) is 0 Å². The largest absolute Gasteiger partial charge is 0.508 e. The Morgan fingerprint density at radius 1 is 0.667 bits per heavy atom. The molecule has 0 saturated heterocycles. The smallest absolute Gasteiger partial charge is 0.317 e. The maximum atomic E-state index is 11.6. The lowest BCUT2D eigenvalue weighted by Crippen LogP contribution is -2.39. The van der Waals surface area contributed by atoms with Gasteiger partial charge in [-0.25, -0.2) is 0 Å². The quantitative estimate of drug-likeness (QED) is 0.363. The number of aliphatic carboxylic acids is 2. The van der Waals surface area contributed by atoms with Crippen molar-refractivity contribution in [1.29, 1.82) is 0 Å². The van der Waals surface area contributed by atoms with E-state index in [0.29, 0.717) is 11.1 Å². The number of carboxylic acids is 2. The first-order valence-electron chi connectivity index (χ1n) is 12.1. The summed E-state index contributed by atoms with van der Waals surface area (Å²) in [4.78, 5) is 26.5. The maximum Gasteiger partial charge on any atom is 0.317 e. The highest BCUT2D eigenvalue weighted by atomic mass is 16.4. The fourth-order valence-corrected chi connectivity index (χ4v) is 3.93. The van der Waals surface area contributed by atoms with Crippen LogP contribution in [0, 0.1) is 0 Å². The first kappa shape index (κ1) is 29.1. The van der Waals surface area contributed by atoms with Gasteiger partial charge in [-0.3, -0.25) is 19.4 Å². The van der Waals surface area contributed by atoms with Crippen molar-refractivity contribution in [1.82, 2.24) is 9.80 Å². The van der Waals surface area contributed by atoms with Crippen LogP contribution in [-0.4, -0.2) is 68.3 Å². The first-order chi connectivity index (χ1) is 16.6. The standard InChI is InChI=1S/C28H40N2O6/c1-27(2,3)21-7-9-23(31)19(13-21)15-29(17-25(33)34)11-12-30(18-26(35)36)16-20-14-22(28(4,5)6)8-10-24(20)32/h7-10,13-14,31-32H,11-12,15-18H2,1-6H3,(H,33,34)(H,35,36). The van der Waals surface area contributed by atoms with Gasteiger partial charge in [-0.05, 0) is 34.1 Å². The summed E-state index contributed by atoms with van der Waals surface area (Å²) in [7, 11) is 0. The predicted octanol–water partition coefficient (Wildman–Crippen LogP) is 4.17. The van der Waals surface area contributed by atoms with E-state index in [4.69, 9.17) is 0 Å². The van der Waals surface area contributed by atoms with Crippen LogP contribution >= 0.6 is 0 Å². The van der Waals surface area contributed by atoms with Crippen molar-refractivity contribution in [2.24, 2.45) is 0 Å². The Morgan fingerprint density at radius 2 is 1.00 bits per heavy atom. The summed E-state index contributed by atoms with van der Waals surface area (Å²) in [5, 5.41) is 39.7. The van der Waals surface area contributed by atoms with Gasteiger partial charge in [0, 0.05) is 37.3 Å². The molecule has 2 aromatic carbocycles. The molecule has 0 radical (unpaired) electrons. The van der Waals surface area contributed by atoms with Crippen molar-refractivity contribution in [3.05, 3.63) is 58.7 Å². The van der Waals surface area contributed by atoms with Crippen LogP contribution in [0.15, 0.2) is 36.4 Å². The zero-order valence-electron chi connectivity index (χ0n) is 22.2. The molecule has 4 N–H and O–H groups in total. The van der Waals surface area contributed by atoms with E-state index in [0.717, 1.165) is 11.1 Å². The molecular formula is C28H40N2O6. The molecule has 0 aliphatic heterocycles. The summed E-state index contributed by atoms with van der Waals surface area (Å²) in [5.41, 5.74) is 3.00. The zero-order valence-corrected chi connectivity index (χ0v) is 22.2. The maximum absolute atomic E-state index is 11.6. The first-order valence-corrected chi connectivity index (χ1v) is 12.1. The van der Waals surface area contributed by atoms with Gasteiger partial charge < -0.3 is 20.4 Å². The van der Waals surface area contributed by atoms with E-state index < -0.39 is 11.9 Å². The molecule has 0 unspecified atom stereocenters. The molecule has 0 aromatic heterocycles. The van der Waals surface area contributed by atoms with Crippen LogP contribution in [0.5, 0.6) is 11.5 Å². The average Bonchev–Trinajstić information content (AvgIpc) is 2.72. The Bertz CT molecular complexity index is 983. The van der Waals surface area contributed by atoms with Crippen molar-refractivity contribution < 1.29 is 30.0 Å². The lowest BCUT2D eigenvalue weighted by molar-refractivity contribution is -0.140. The van der Waals surface area contributed by atoms with Crippen LogP contribution in [0.25, 0.3) is 0 Å². The summed E-state index contributed by atoms with van der Waals surface area (Å²) in [6.45, 7) is 12.8. The molecule has 0 bridgehead atoms. The van der Waals surface area contributed by atoms with Gasteiger partial charge in [-0.2, -0.15) is 0 Å². The summed E-state index contributed by atoms with van der Waals surface area (Å²) >= 11 is 0. The molecule has 0 spiro atoms. The Morgan fingerprint density at radius 3 is 1.28 bits per heavy atom. The molecule has 0 aliphatic carbocycles. The van der Waals surface area contributed by atoms with Crippen molar-refractivity contribution in [3.63, 3.8) is 0 Å². The molecule has 8 nitrogen and oxygen atoms in total. The number of nitrogens with zero attached hydrogens (tertiary/aromatic N) is 2. The molecule has 0 saturated carbocycles. The number of carbonyl (C=O) groups is 2. The SMILES string of the molecule is CC(C)(C)c1ccc(O)c(CN(CCN(CC(=O)O)Cc2cc(C(C)(C)C)ccc2O)CC(=O)O)c1. The van der Waals surface area contributed by atoms with Crippen molar-refractivity contribution >= 4 is 11.9 Å². The highest BCUT2D eigenvalue weighted by molar-refractivity contribution is 5.69. The lowest BCUT2D eigenvalue weighted by Gasteiger charge is -2.28. The van der Waals surface area contributed by atoms with E-state index >= 15 is 0 Å². The summed E-state index contributed by atoms with van der Waals surface area (Å²) in [6, 6.07) is 10.7. The van der Waals surface area contributed by atoms with Gasteiger partial charge in [0.15, 0.2) is 0 Å². The summed E-state index contributed by atoms with van der Waals surface area (Å²) in [5.74, 6) is -1.85. The molecule has 0 fully saturated rings. The highest BCUT2D eigenvalue weighted by Gasteiger charge is 2.21. The predicted molar refractivity (Wildman–Crippen MR) is 139 cm³/mol. The number of hydrogen-bond acceptors (Lipinski definition) is 6. The van der Waals surface area contributed by atoms with Crippen LogP contribution < -0.4 is 0 Å². The normalized spacial score (nSPS) is 12.3. The second-order valence-corrected chi connectivity index (χ2v) is 11.4. The molecule has 2 rings (SSSR count). The second kappa shape index (κ2) is 11.8. The van der Waals surface area contributed by atoms with Gasteiger partial charge in [-0.1, -0.05) is 65.8 Å². The fourth-order valence-electron chi connectivity index (χ4n) is 3.93. The fraction of sp³-hybridized carbons (Fsp3) is 0.500. The monoisotopic (exact) mass is 500 g/mol. The molecule has 2 aromatic rings. The summed E-state index contributed by atoms with van der Waals surface area (Å²) < 4.78 is 0. The Kier molecular flexibility index (Phi) is 9.51. The van der Waals surface area contributed by atoms with Gasteiger partial charge >= 0.3 is 11.9 Å². The molecule has 0 atom stereocenters. The molecular weight excluding hydrogens is 460 g/mol. The van der Waals surface area contributed by atoms with Gasteiger partial charge in [0.05, 0.1) is 13.1 Å². The topological polar surface area (TPSA) is 122 Å². The van der Waals surface area contributed by atoms with Gasteiger partial charge in [0.1, 0.15) is 11.5 Å². The number of hydrogen-bond donors (Lipinski definition) is 4. The third-order valence-electron chi connectivity index (χ3n) is 6.13. The van der Waals surface area contributed by atoms with Crippen molar-refractivity contribution in [3.8, 4) is 11.5 Å². The molecule has 36 heavy (non-hydrogen) atoms. The zero-order chi connectivity index (χ0) is 27.3. The molecule has 0 aliphatic rings. The minimum atomic E-state index is -1.01. The van der Waals surface area contributed by atoms with E-state index in [1.54, 1.807) is 21.9 Å². The Hall–Kier alpha value is -3.10. The van der Waals surface area contributed by atoms with E-state index in [9.17, 15) is 30.0 Å². The van der Waals surface area contributed by atoms with Crippen LogP contribution in [-0.2, 0) is 33.5 Å². The lowest BCUT2D eigenvalue weighted by atomic mass is 9.86. The Labute approximate surface area is 213 Å². The summed E-state index contributed by atoms with van der Waals surface area (Å²) in [6.07, 6.45) is 0. The highest BCUT2D eigenvalue weighted by Crippen LogP contribution is 2.29. The molecule has 198 valence electrons. The van der Waals surface area contributed by atoms with E-state index in [2.05, 4.69) is 41.5 Å².